The van der Waals surface area contributed by atoms with E-state index in [4.69, 9.17) is 4.74 Å². The molecule has 0 radical (unpaired) electrons. The van der Waals surface area contributed by atoms with E-state index in [1.54, 1.807) is 0 Å². The van der Waals surface area contributed by atoms with Crippen LogP contribution in [0, 0.1) is 5.92 Å². The average Bonchev–Trinajstić information content (AvgIpc) is 2.44. The first-order chi connectivity index (χ1) is 9.61. The summed E-state index contributed by atoms with van der Waals surface area (Å²) in [6.45, 7) is 6.74. The smallest absolute Gasteiger partial charge is 0.310 e. The number of hydrogen-bond donors (Lipinski definition) is 0. The van der Waals surface area contributed by atoms with Crippen molar-refractivity contribution >= 4 is 5.97 Å². The van der Waals surface area contributed by atoms with Crippen LogP contribution in [0.2, 0.25) is 0 Å². The van der Waals surface area contributed by atoms with Crippen LogP contribution in [0.25, 0.3) is 0 Å². The molecule has 1 aromatic carbocycles. The van der Waals surface area contributed by atoms with E-state index in [0.29, 0.717) is 18.9 Å². The zero-order chi connectivity index (χ0) is 14.8. The fourth-order valence-corrected chi connectivity index (χ4v) is 1.85. The zero-order valence-electron chi connectivity index (χ0n) is 12.6. The largest absolute Gasteiger partial charge is 0.461 e. The van der Waals surface area contributed by atoms with Crippen molar-refractivity contribution in [1.82, 2.24) is 0 Å². The van der Waals surface area contributed by atoms with Crippen LogP contribution in [0.5, 0.6) is 0 Å². The van der Waals surface area contributed by atoms with Gasteiger partial charge in [0.05, 0.1) is 6.42 Å². The summed E-state index contributed by atoms with van der Waals surface area (Å²) in [5, 5.41) is 0. The highest BCUT2D eigenvalue weighted by atomic mass is 16.5. The Morgan fingerprint density at radius 1 is 1.30 bits per heavy atom. The molecule has 0 bridgehead atoms. The van der Waals surface area contributed by atoms with Crippen LogP contribution in [-0.2, 0) is 16.0 Å². The SMILES string of the molecule is CC/C(C)=C/C(C)/C=C/COC(=O)Cc1ccccc1. The number of allylic oxidation sites excluding steroid dienone is 3. The molecule has 1 aromatic rings. The van der Waals surface area contributed by atoms with Gasteiger partial charge < -0.3 is 4.74 Å². The summed E-state index contributed by atoms with van der Waals surface area (Å²) in [5.41, 5.74) is 2.36. The van der Waals surface area contributed by atoms with Crippen molar-refractivity contribution in [2.45, 2.75) is 33.6 Å². The number of carbonyl (C=O) groups is 1. The van der Waals surface area contributed by atoms with E-state index >= 15 is 0 Å². The van der Waals surface area contributed by atoms with Crippen molar-refractivity contribution in [1.29, 1.82) is 0 Å². The highest BCUT2D eigenvalue weighted by molar-refractivity contribution is 5.72. The van der Waals surface area contributed by atoms with Crippen LogP contribution in [-0.4, -0.2) is 12.6 Å². The lowest BCUT2D eigenvalue weighted by Crippen LogP contribution is -2.07. The lowest BCUT2D eigenvalue weighted by atomic mass is 10.1. The molecule has 2 nitrogen and oxygen atoms in total. The summed E-state index contributed by atoms with van der Waals surface area (Å²) in [4.78, 5) is 11.6. The number of esters is 1. The topological polar surface area (TPSA) is 26.3 Å². The third-order valence-electron chi connectivity index (χ3n) is 3.08. The van der Waals surface area contributed by atoms with Gasteiger partial charge in [0.15, 0.2) is 0 Å². The van der Waals surface area contributed by atoms with E-state index < -0.39 is 0 Å². The van der Waals surface area contributed by atoms with E-state index in [0.717, 1.165) is 12.0 Å². The van der Waals surface area contributed by atoms with E-state index in [1.165, 1.54) is 5.57 Å². The molecule has 0 heterocycles. The number of ether oxygens (including phenoxy) is 1. The summed E-state index contributed by atoms with van der Waals surface area (Å²) < 4.78 is 5.18. The molecular formula is C18H24O2. The summed E-state index contributed by atoms with van der Waals surface area (Å²) in [6.07, 6.45) is 7.60. The van der Waals surface area contributed by atoms with Crippen molar-refractivity contribution in [3.8, 4) is 0 Å². The second kappa shape index (κ2) is 9.13. The van der Waals surface area contributed by atoms with Crippen LogP contribution < -0.4 is 0 Å². The van der Waals surface area contributed by atoms with E-state index in [9.17, 15) is 4.79 Å². The minimum absolute atomic E-state index is 0.186. The minimum atomic E-state index is -0.186. The Balaban J connectivity index is 2.28. The number of rotatable bonds is 7. The first-order valence-electron chi connectivity index (χ1n) is 7.15. The van der Waals surface area contributed by atoms with Crippen LogP contribution in [0.4, 0.5) is 0 Å². The Hall–Kier alpha value is -1.83. The maximum Gasteiger partial charge on any atom is 0.310 e. The molecule has 2 heteroatoms. The van der Waals surface area contributed by atoms with Gasteiger partial charge in [0.2, 0.25) is 0 Å². The van der Waals surface area contributed by atoms with Gasteiger partial charge in [0.1, 0.15) is 6.61 Å². The van der Waals surface area contributed by atoms with Crippen molar-refractivity contribution in [3.63, 3.8) is 0 Å². The number of hydrogen-bond acceptors (Lipinski definition) is 2. The molecule has 1 unspecified atom stereocenters. The molecule has 0 aliphatic rings. The first-order valence-corrected chi connectivity index (χ1v) is 7.15. The second-order valence-electron chi connectivity index (χ2n) is 5.00. The van der Waals surface area contributed by atoms with Crippen molar-refractivity contribution in [2.75, 3.05) is 6.61 Å². The molecule has 0 N–H and O–H groups in total. The summed E-state index contributed by atoms with van der Waals surface area (Å²) in [5.74, 6) is 0.191. The quantitative estimate of drug-likeness (QED) is 0.546. The summed E-state index contributed by atoms with van der Waals surface area (Å²) in [7, 11) is 0. The van der Waals surface area contributed by atoms with Crippen LogP contribution in [0.3, 0.4) is 0 Å². The first kappa shape index (κ1) is 16.2. The lowest BCUT2D eigenvalue weighted by Gasteiger charge is -2.03. The number of carbonyl (C=O) groups excluding carboxylic acids is 1. The molecule has 1 atom stereocenters. The predicted molar refractivity (Wildman–Crippen MR) is 83.5 cm³/mol. The normalized spacial score (nSPS) is 13.4. The fourth-order valence-electron chi connectivity index (χ4n) is 1.85. The lowest BCUT2D eigenvalue weighted by molar-refractivity contribution is -0.141. The molecular weight excluding hydrogens is 248 g/mol. The Morgan fingerprint density at radius 3 is 2.65 bits per heavy atom. The Bertz CT molecular complexity index is 458. The van der Waals surface area contributed by atoms with Crippen molar-refractivity contribution in [3.05, 3.63) is 59.7 Å². The molecule has 0 saturated heterocycles. The third-order valence-corrected chi connectivity index (χ3v) is 3.08. The molecule has 0 fully saturated rings. The fraction of sp³-hybridized carbons (Fsp3) is 0.389. The van der Waals surface area contributed by atoms with Gasteiger partial charge in [0.25, 0.3) is 0 Å². The van der Waals surface area contributed by atoms with Gasteiger partial charge in [-0.3, -0.25) is 4.79 Å². The highest BCUT2D eigenvalue weighted by Crippen LogP contribution is 2.07. The molecule has 1 rings (SSSR count). The highest BCUT2D eigenvalue weighted by Gasteiger charge is 2.02. The minimum Gasteiger partial charge on any atom is -0.461 e. The standard InChI is InChI=1S/C18H24O2/c1-4-15(2)13-16(3)9-8-12-20-18(19)14-17-10-6-5-7-11-17/h5-11,13,16H,4,12,14H2,1-3H3/b9-8+,15-13+. The van der Waals surface area contributed by atoms with Crippen LogP contribution in [0.15, 0.2) is 54.1 Å². The zero-order valence-corrected chi connectivity index (χ0v) is 12.6. The molecule has 108 valence electrons. The monoisotopic (exact) mass is 272 g/mol. The van der Waals surface area contributed by atoms with Crippen molar-refractivity contribution < 1.29 is 9.53 Å². The van der Waals surface area contributed by atoms with Gasteiger partial charge >= 0.3 is 5.97 Å². The maximum absolute atomic E-state index is 11.6. The Labute approximate surface area is 122 Å². The van der Waals surface area contributed by atoms with E-state index in [-0.39, 0.29) is 5.97 Å². The average molecular weight is 272 g/mol. The van der Waals surface area contributed by atoms with Crippen molar-refractivity contribution in [2.24, 2.45) is 5.92 Å². The molecule has 20 heavy (non-hydrogen) atoms. The van der Waals surface area contributed by atoms with Crippen LogP contribution in [0.1, 0.15) is 32.8 Å². The Morgan fingerprint density at radius 2 is 2.00 bits per heavy atom. The molecule has 0 spiro atoms. The van der Waals surface area contributed by atoms with E-state index in [2.05, 4.69) is 32.9 Å². The van der Waals surface area contributed by atoms with Gasteiger partial charge in [-0.05, 0) is 24.8 Å². The molecule has 0 saturated carbocycles. The van der Waals surface area contributed by atoms with Gasteiger partial charge in [-0.1, -0.05) is 68.0 Å². The predicted octanol–water partition coefficient (Wildman–Crippen LogP) is 4.32. The second-order valence-corrected chi connectivity index (χ2v) is 5.00. The van der Waals surface area contributed by atoms with Crippen LogP contribution >= 0.6 is 0 Å². The van der Waals surface area contributed by atoms with E-state index in [1.807, 2.05) is 36.4 Å². The van der Waals surface area contributed by atoms with Gasteiger partial charge in [-0.25, -0.2) is 0 Å². The number of benzene rings is 1. The van der Waals surface area contributed by atoms with Gasteiger partial charge in [-0.2, -0.15) is 0 Å². The van der Waals surface area contributed by atoms with Gasteiger partial charge in [-0.15, -0.1) is 0 Å². The molecule has 0 aliphatic heterocycles. The molecule has 0 aromatic heterocycles. The molecule has 0 amide bonds. The Kier molecular flexibility index (Phi) is 7.41. The molecule has 0 aliphatic carbocycles. The summed E-state index contributed by atoms with van der Waals surface area (Å²) >= 11 is 0. The third kappa shape index (κ3) is 6.93. The summed E-state index contributed by atoms with van der Waals surface area (Å²) in [6, 6.07) is 9.64. The maximum atomic E-state index is 11.6. The van der Waals surface area contributed by atoms with Gasteiger partial charge in [0, 0.05) is 0 Å².